The van der Waals surface area contributed by atoms with Crippen molar-refractivity contribution < 1.29 is 4.79 Å². The number of benzene rings is 2. The van der Waals surface area contributed by atoms with Gasteiger partial charge in [-0.25, -0.2) is 0 Å². The zero-order valence-corrected chi connectivity index (χ0v) is 14.2. The van der Waals surface area contributed by atoms with E-state index in [-0.39, 0.29) is 5.91 Å². The summed E-state index contributed by atoms with van der Waals surface area (Å²) in [5.74, 6) is 0.437. The third kappa shape index (κ3) is 3.54. The second kappa shape index (κ2) is 6.71. The second-order valence-electron chi connectivity index (χ2n) is 6.10. The van der Waals surface area contributed by atoms with E-state index in [2.05, 4.69) is 29.5 Å². The van der Waals surface area contributed by atoms with Crippen LogP contribution in [-0.2, 0) is 6.54 Å². The summed E-state index contributed by atoms with van der Waals surface area (Å²) in [6, 6.07) is 15.9. The third-order valence-electron chi connectivity index (χ3n) is 4.11. The Hall–Kier alpha value is -2.88. The number of rotatable bonds is 4. The standard InChI is InChI=1S/C20H21N3O/c1-14-8-9-16(3)18(12-14)20(24)21-19-10-11-23(22-19)13-17-7-5-4-6-15(17)2/h4-12H,13H2,1-3H3,(H,21,22,24). The normalized spacial score (nSPS) is 10.6. The number of hydrogen-bond acceptors (Lipinski definition) is 2. The van der Waals surface area contributed by atoms with Crippen molar-refractivity contribution in [2.45, 2.75) is 27.3 Å². The first-order valence-corrected chi connectivity index (χ1v) is 7.99. The van der Waals surface area contributed by atoms with Gasteiger partial charge < -0.3 is 5.32 Å². The minimum atomic E-state index is -0.127. The fraction of sp³-hybridized carbons (Fsp3) is 0.200. The smallest absolute Gasteiger partial charge is 0.257 e. The molecular formula is C20H21N3O. The molecule has 1 N–H and O–H groups in total. The number of anilines is 1. The van der Waals surface area contributed by atoms with Gasteiger partial charge in [0.15, 0.2) is 5.82 Å². The predicted molar refractivity (Wildman–Crippen MR) is 96.4 cm³/mol. The summed E-state index contributed by atoms with van der Waals surface area (Å²) >= 11 is 0. The van der Waals surface area contributed by atoms with Crippen LogP contribution in [-0.4, -0.2) is 15.7 Å². The van der Waals surface area contributed by atoms with Crippen LogP contribution in [0.25, 0.3) is 0 Å². The number of aryl methyl sites for hydroxylation is 3. The number of hydrogen-bond donors (Lipinski definition) is 1. The molecular weight excluding hydrogens is 298 g/mol. The number of aromatic nitrogens is 2. The van der Waals surface area contributed by atoms with E-state index in [0.717, 1.165) is 11.1 Å². The number of carbonyl (C=O) groups is 1. The SMILES string of the molecule is Cc1ccc(C)c(C(=O)Nc2ccn(Cc3ccccc3C)n2)c1. The summed E-state index contributed by atoms with van der Waals surface area (Å²) in [4.78, 5) is 12.4. The summed E-state index contributed by atoms with van der Waals surface area (Å²) in [6.07, 6.45) is 1.88. The molecule has 0 atom stereocenters. The number of carbonyl (C=O) groups excluding carboxylic acids is 1. The molecule has 1 amide bonds. The van der Waals surface area contributed by atoms with E-state index < -0.39 is 0 Å². The van der Waals surface area contributed by atoms with Crippen molar-refractivity contribution in [2.75, 3.05) is 5.32 Å². The molecule has 0 fully saturated rings. The Labute approximate surface area is 142 Å². The van der Waals surface area contributed by atoms with Gasteiger partial charge in [-0.2, -0.15) is 5.10 Å². The molecule has 4 heteroatoms. The molecule has 1 aromatic heterocycles. The largest absolute Gasteiger partial charge is 0.305 e. The highest BCUT2D eigenvalue weighted by molar-refractivity contribution is 6.04. The van der Waals surface area contributed by atoms with E-state index in [0.29, 0.717) is 17.9 Å². The fourth-order valence-corrected chi connectivity index (χ4v) is 2.64. The van der Waals surface area contributed by atoms with Gasteiger partial charge in [0.25, 0.3) is 5.91 Å². The Bertz CT molecular complexity index is 880. The lowest BCUT2D eigenvalue weighted by Crippen LogP contribution is -2.14. The molecule has 0 saturated heterocycles. The first-order chi connectivity index (χ1) is 11.5. The Morgan fingerprint density at radius 1 is 1.04 bits per heavy atom. The second-order valence-corrected chi connectivity index (χ2v) is 6.10. The van der Waals surface area contributed by atoms with Crippen LogP contribution in [0.3, 0.4) is 0 Å². The van der Waals surface area contributed by atoms with Gasteiger partial charge in [-0.3, -0.25) is 9.48 Å². The average molecular weight is 319 g/mol. The maximum atomic E-state index is 12.4. The minimum absolute atomic E-state index is 0.127. The Balaban J connectivity index is 1.73. The minimum Gasteiger partial charge on any atom is -0.305 e. The molecule has 2 aromatic carbocycles. The van der Waals surface area contributed by atoms with E-state index in [1.54, 1.807) is 0 Å². The van der Waals surface area contributed by atoms with Crippen molar-refractivity contribution in [2.24, 2.45) is 0 Å². The lowest BCUT2D eigenvalue weighted by molar-refractivity contribution is 0.102. The summed E-state index contributed by atoms with van der Waals surface area (Å²) < 4.78 is 1.83. The van der Waals surface area contributed by atoms with Crippen molar-refractivity contribution in [3.8, 4) is 0 Å². The number of nitrogens with one attached hydrogen (secondary N) is 1. The van der Waals surface area contributed by atoms with Gasteiger partial charge in [0.05, 0.1) is 6.54 Å². The molecule has 0 aliphatic carbocycles. The van der Waals surface area contributed by atoms with Crippen LogP contribution >= 0.6 is 0 Å². The highest BCUT2D eigenvalue weighted by Crippen LogP contribution is 2.14. The molecule has 0 unspecified atom stereocenters. The van der Waals surface area contributed by atoms with Crippen molar-refractivity contribution in [3.63, 3.8) is 0 Å². The van der Waals surface area contributed by atoms with Crippen LogP contribution < -0.4 is 5.32 Å². The highest BCUT2D eigenvalue weighted by Gasteiger charge is 2.11. The summed E-state index contributed by atoms with van der Waals surface area (Å²) in [6.45, 7) is 6.69. The zero-order valence-electron chi connectivity index (χ0n) is 14.2. The van der Waals surface area contributed by atoms with Crippen LogP contribution in [0, 0.1) is 20.8 Å². The first-order valence-electron chi connectivity index (χ1n) is 7.99. The quantitative estimate of drug-likeness (QED) is 0.786. The molecule has 0 saturated carbocycles. The van der Waals surface area contributed by atoms with Gasteiger partial charge in [0.1, 0.15) is 0 Å². The fourth-order valence-electron chi connectivity index (χ4n) is 2.64. The Morgan fingerprint density at radius 2 is 1.83 bits per heavy atom. The number of amides is 1. The van der Waals surface area contributed by atoms with Gasteiger partial charge in [-0.05, 0) is 43.5 Å². The van der Waals surface area contributed by atoms with E-state index in [9.17, 15) is 4.79 Å². The summed E-state index contributed by atoms with van der Waals surface area (Å²) in [5, 5.41) is 7.33. The first kappa shape index (κ1) is 16.0. The van der Waals surface area contributed by atoms with E-state index in [4.69, 9.17) is 0 Å². The van der Waals surface area contributed by atoms with Gasteiger partial charge in [0.2, 0.25) is 0 Å². The van der Waals surface area contributed by atoms with Gasteiger partial charge >= 0.3 is 0 Å². The lowest BCUT2D eigenvalue weighted by Gasteiger charge is -2.07. The predicted octanol–water partition coefficient (Wildman–Crippen LogP) is 4.11. The molecule has 0 bridgehead atoms. The third-order valence-corrected chi connectivity index (χ3v) is 4.11. The highest BCUT2D eigenvalue weighted by atomic mass is 16.1. The van der Waals surface area contributed by atoms with E-state index in [1.165, 1.54) is 11.1 Å². The van der Waals surface area contributed by atoms with Crippen LogP contribution in [0.15, 0.2) is 54.7 Å². The number of nitrogens with zero attached hydrogens (tertiary/aromatic N) is 2. The average Bonchev–Trinajstić information content (AvgIpc) is 2.99. The van der Waals surface area contributed by atoms with Gasteiger partial charge in [0, 0.05) is 17.8 Å². The maximum absolute atomic E-state index is 12.4. The van der Waals surface area contributed by atoms with Crippen molar-refractivity contribution in [3.05, 3.63) is 82.5 Å². The summed E-state index contributed by atoms with van der Waals surface area (Å²) in [5.41, 5.74) is 5.15. The molecule has 4 nitrogen and oxygen atoms in total. The van der Waals surface area contributed by atoms with E-state index in [1.807, 2.05) is 61.1 Å². The monoisotopic (exact) mass is 319 g/mol. The van der Waals surface area contributed by atoms with Crippen molar-refractivity contribution in [1.82, 2.24) is 9.78 Å². The molecule has 0 aliphatic rings. The summed E-state index contributed by atoms with van der Waals surface area (Å²) in [7, 11) is 0. The molecule has 24 heavy (non-hydrogen) atoms. The molecule has 3 aromatic rings. The van der Waals surface area contributed by atoms with E-state index >= 15 is 0 Å². The topological polar surface area (TPSA) is 46.9 Å². The molecule has 0 radical (unpaired) electrons. The van der Waals surface area contributed by atoms with Crippen molar-refractivity contribution >= 4 is 11.7 Å². The van der Waals surface area contributed by atoms with Gasteiger partial charge in [-0.1, -0.05) is 42.0 Å². The molecule has 1 heterocycles. The van der Waals surface area contributed by atoms with Crippen LogP contribution in [0.1, 0.15) is 32.6 Å². The zero-order chi connectivity index (χ0) is 17.1. The van der Waals surface area contributed by atoms with Crippen molar-refractivity contribution in [1.29, 1.82) is 0 Å². The Morgan fingerprint density at radius 3 is 2.62 bits per heavy atom. The van der Waals surface area contributed by atoms with Gasteiger partial charge in [-0.15, -0.1) is 0 Å². The van der Waals surface area contributed by atoms with Crippen LogP contribution in [0.2, 0.25) is 0 Å². The lowest BCUT2D eigenvalue weighted by atomic mass is 10.1. The molecule has 0 aliphatic heterocycles. The molecule has 122 valence electrons. The van der Waals surface area contributed by atoms with Crippen LogP contribution in [0.4, 0.5) is 5.82 Å². The Kier molecular flexibility index (Phi) is 4.47. The molecule has 0 spiro atoms. The molecule has 3 rings (SSSR count). The van der Waals surface area contributed by atoms with Crippen LogP contribution in [0.5, 0.6) is 0 Å². The maximum Gasteiger partial charge on any atom is 0.257 e.